The topological polar surface area (TPSA) is 47.6 Å². The molecule has 2 unspecified atom stereocenters. The summed E-state index contributed by atoms with van der Waals surface area (Å²) in [4.78, 5) is 11.6. The number of amides is 1. The summed E-state index contributed by atoms with van der Waals surface area (Å²) in [5, 5.41) is 2.86. The molecule has 0 saturated carbocycles. The standard InChI is InChI=1S/C13H17NO3/c1-10-9-11(7-8-16-10)14-13(15)17-12-5-3-2-4-6-12/h2-6,10-11H,7-9H2,1H3,(H,14,15). The van der Waals surface area contributed by atoms with Gasteiger partial charge in [-0.2, -0.15) is 0 Å². The van der Waals surface area contributed by atoms with Crippen LogP contribution in [0.2, 0.25) is 0 Å². The minimum atomic E-state index is -0.393. The average Bonchev–Trinajstić information content (AvgIpc) is 2.30. The van der Waals surface area contributed by atoms with Gasteiger partial charge in [-0.25, -0.2) is 4.79 Å². The van der Waals surface area contributed by atoms with Crippen molar-refractivity contribution < 1.29 is 14.3 Å². The maximum absolute atomic E-state index is 11.6. The van der Waals surface area contributed by atoms with E-state index in [2.05, 4.69) is 5.32 Å². The molecule has 17 heavy (non-hydrogen) atoms. The molecule has 1 amide bonds. The molecule has 1 N–H and O–H groups in total. The monoisotopic (exact) mass is 235 g/mol. The van der Waals surface area contributed by atoms with Gasteiger partial charge in [0.1, 0.15) is 5.75 Å². The zero-order valence-electron chi connectivity index (χ0n) is 9.89. The number of carbonyl (C=O) groups excluding carboxylic acids is 1. The van der Waals surface area contributed by atoms with Crippen LogP contribution >= 0.6 is 0 Å². The minimum Gasteiger partial charge on any atom is -0.410 e. The van der Waals surface area contributed by atoms with Crippen molar-refractivity contribution in [1.82, 2.24) is 5.32 Å². The minimum absolute atomic E-state index is 0.148. The quantitative estimate of drug-likeness (QED) is 0.855. The Bertz CT molecular complexity index is 366. The van der Waals surface area contributed by atoms with Crippen molar-refractivity contribution in [2.24, 2.45) is 0 Å². The summed E-state index contributed by atoms with van der Waals surface area (Å²) in [6.45, 7) is 2.70. The van der Waals surface area contributed by atoms with E-state index in [1.54, 1.807) is 12.1 Å². The van der Waals surface area contributed by atoms with Gasteiger partial charge in [-0.3, -0.25) is 0 Å². The molecule has 92 valence electrons. The lowest BCUT2D eigenvalue weighted by Gasteiger charge is -2.27. The zero-order valence-corrected chi connectivity index (χ0v) is 9.89. The number of hydrogen-bond donors (Lipinski definition) is 1. The molecule has 0 spiro atoms. The van der Waals surface area contributed by atoms with Gasteiger partial charge in [0.2, 0.25) is 0 Å². The highest BCUT2D eigenvalue weighted by Crippen LogP contribution is 2.14. The Hall–Kier alpha value is -1.55. The van der Waals surface area contributed by atoms with E-state index in [1.165, 1.54) is 0 Å². The van der Waals surface area contributed by atoms with E-state index in [0.717, 1.165) is 12.8 Å². The van der Waals surface area contributed by atoms with Crippen LogP contribution < -0.4 is 10.1 Å². The lowest BCUT2D eigenvalue weighted by atomic mass is 10.1. The molecule has 0 aromatic heterocycles. The first-order valence-electron chi connectivity index (χ1n) is 5.89. The number of para-hydroxylation sites is 1. The van der Waals surface area contributed by atoms with Crippen molar-refractivity contribution in [2.75, 3.05) is 6.61 Å². The second kappa shape index (κ2) is 5.68. The molecule has 1 aromatic carbocycles. The van der Waals surface area contributed by atoms with Gasteiger partial charge < -0.3 is 14.8 Å². The van der Waals surface area contributed by atoms with E-state index in [0.29, 0.717) is 12.4 Å². The molecule has 4 nitrogen and oxygen atoms in total. The molecule has 0 bridgehead atoms. The maximum atomic E-state index is 11.6. The fraction of sp³-hybridized carbons (Fsp3) is 0.462. The summed E-state index contributed by atoms with van der Waals surface area (Å²) in [5.74, 6) is 0.560. The Labute approximate surface area is 101 Å². The fourth-order valence-corrected chi connectivity index (χ4v) is 1.92. The first-order chi connectivity index (χ1) is 8.24. The molecule has 1 aliphatic heterocycles. The summed E-state index contributed by atoms with van der Waals surface area (Å²) in [7, 11) is 0. The molecule has 2 rings (SSSR count). The first kappa shape index (κ1) is 11.9. The van der Waals surface area contributed by atoms with Gasteiger partial charge in [-0.1, -0.05) is 18.2 Å². The molecule has 1 aromatic rings. The van der Waals surface area contributed by atoms with E-state index >= 15 is 0 Å². The number of nitrogens with one attached hydrogen (secondary N) is 1. The molecule has 1 saturated heterocycles. The van der Waals surface area contributed by atoms with Crippen molar-refractivity contribution in [3.8, 4) is 5.75 Å². The van der Waals surface area contributed by atoms with Crippen LogP contribution in [0.1, 0.15) is 19.8 Å². The van der Waals surface area contributed by atoms with Gasteiger partial charge in [0.15, 0.2) is 0 Å². The molecule has 1 fully saturated rings. The number of carbonyl (C=O) groups is 1. The largest absolute Gasteiger partial charge is 0.412 e. The van der Waals surface area contributed by atoms with Gasteiger partial charge in [0.05, 0.1) is 6.10 Å². The van der Waals surface area contributed by atoms with Crippen LogP contribution in [0.3, 0.4) is 0 Å². The van der Waals surface area contributed by atoms with Crippen molar-refractivity contribution in [1.29, 1.82) is 0 Å². The second-order valence-corrected chi connectivity index (χ2v) is 4.25. The van der Waals surface area contributed by atoms with E-state index < -0.39 is 6.09 Å². The highest BCUT2D eigenvalue weighted by Gasteiger charge is 2.21. The van der Waals surface area contributed by atoms with E-state index in [-0.39, 0.29) is 12.1 Å². The third kappa shape index (κ3) is 3.75. The number of hydrogen-bond acceptors (Lipinski definition) is 3. The highest BCUT2D eigenvalue weighted by atomic mass is 16.6. The Morgan fingerprint density at radius 1 is 1.41 bits per heavy atom. The van der Waals surface area contributed by atoms with Crippen molar-refractivity contribution in [2.45, 2.75) is 31.9 Å². The van der Waals surface area contributed by atoms with Crippen LogP contribution in [-0.2, 0) is 4.74 Å². The summed E-state index contributed by atoms with van der Waals surface area (Å²) < 4.78 is 10.6. The third-order valence-electron chi connectivity index (χ3n) is 2.76. The fourth-order valence-electron chi connectivity index (χ4n) is 1.92. The average molecular weight is 235 g/mol. The van der Waals surface area contributed by atoms with Gasteiger partial charge >= 0.3 is 6.09 Å². The van der Waals surface area contributed by atoms with Crippen molar-refractivity contribution in [3.63, 3.8) is 0 Å². The normalized spacial score (nSPS) is 24.1. The Morgan fingerprint density at radius 2 is 2.18 bits per heavy atom. The van der Waals surface area contributed by atoms with Crippen LogP contribution in [0.4, 0.5) is 4.79 Å². The predicted molar refractivity (Wildman–Crippen MR) is 64.0 cm³/mol. The van der Waals surface area contributed by atoms with Gasteiger partial charge in [0, 0.05) is 12.6 Å². The molecule has 1 heterocycles. The SMILES string of the molecule is CC1CC(NC(=O)Oc2ccccc2)CCO1. The Balaban J connectivity index is 1.81. The Morgan fingerprint density at radius 3 is 2.88 bits per heavy atom. The second-order valence-electron chi connectivity index (χ2n) is 4.25. The summed E-state index contributed by atoms with van der Waals surface area (Å²) in [6.07, 6.45) is 1.49. The van der Waals surface area contributed by atoms with Crippen LogP contribution in [-0.4, -0.2) is 24.8 Å². The van der Waals surface area contributed by atoms with Crippen LogP contribution in [0, 0.1) is 0 Å². The number of benzene rings is 1. The van der Waals surface area contributed by atoms with Crippen molar-refractivity contribution in [3.05, 3.63) is 30.3 Å². The number of ether oxygens (including phenoxy) is 2. The highest BCUT2D eigenvalue weighted by molar-refractivity contribution is 5.70. The lowest BCUT2D eigenvalue weighted by molar-refractivity contribution is 0.0143. The van der Waals surface area contributed by atoms with E-state index in [4.69, 9.17) is 9.47 Å². The summed E-state index contributed by atoms with van der Waals surface area (Å²) in [6, 6.07) is 9.21. The molecule has 0 aliphatic carbocycles. The molecular weight excluding hydrogens is 218 g/mol. The van der Waals surface area contributed by atoms with E-state index in [1.807, 2.05) is 25.1 Å². The van der Waals surface area contributed by atoms with Crippen LogP contribution in [0.25, 0.3) is 0 Å². The van der Waals surface area contributed by atoms with Crippen LogP contribution in [0.5, 0.6) is 5.75 Å². The van der Waals surface area contributed by atoms with Gasteiger partial charge in [0.25, 0.3) is 0 Å². The number of rotatable bonds is 2. The van der Waals surface area contributed by atoms with Crippen molar-refractivity contribution >= 4 is 6.09 Å². The molecule has 4 heteroatoms. The molecule has 1 aliphatic rings. The first-order valence-corrected chi connectivity index (χ1v) is 5.89. The smallest absolute Gasteiger partial charge is 0.410 e. The maximum Gasteiger partial charge on any atom is 0.412 e. The zero-order chi connectivity index (χ0) is 12.1. The lowest BCUT2D eigenvalue weighted by Crippen LogP contribution is -2.42. The molecule has 0 radical (unpaired) electrons. The molecule has 2 atom stereocenters. The predicted octanol–water partition coefficient (Wildman–Crippen LogP) is 2.34. The summed E-state index contributed by atoms with van der Waals surface area (Å²) in [5.41, 5.74) is 0. The Kier molecular flexibility index (Phi) is 3.98. The van der Waals surface area contributed by atoms with Crippen LogP contribution in [0.15, 0.2) is 30.3 Å². The third-order valence-corrected chi connectivity index (χ3v) is 2.76. The van der Waals surface area contributed by atoms with Gasteiger partial charge in [-0.05, 0) is 31.9 Å². The molecular formula is C13H17NO3. The summed E-state index contributed by atoms with van der Waals surface area (Å²) >= 11 is 0. The van der Waals surface area contributed by atoms with E-state index in [9.17, 15) is 4.79 Å². The van der Waals surface area contributed by atoms with Gasteiger partial charge in [-0.15, -0.1) is 0 Å².